The van der Waals surface area contributed by atoms with Crippen molar-refractivity contribution < 1.29 is 0 Å². The third-order valence-electron chi connectivity index (χ3n) is 11.0. The minimum atomic E-state index is 0.715. The average molecular weight is 739 g/mol. The van der Waals surface area contributed by atoms with Crippen molar-refractivity contribution in [3.05, 3.63) is 206 Å². The molecule has 9 aromatic carbocycles. The van der Waals surface area contributed by atoms with E-state index >= 15 is 0 Å². The highest BCUT2D eigenvalue weighted by Gasteiger charge is 2.17. The molecule has 0 aliphatic heterocycles. The van der Waals surface area contributed by atoms with Gasteiger partial charge in [0.2, 0.25) is 0 Å². The first-order valence-electron chi connectivity index (χ1n) is 19.6. The zero-order chi connectivity index (χ0) is 38.4. The summed E-state index contributed by atoms with van der Waals surface area (Å²) < 4.78 is 0. The fourth-order valence-electron chi connectivity index (χ4n) is 8.17. The van der Waals surface area contributed by atoms with Crippen molar-refractivity contribution in [3.8, 4) is 67.5 Å². The normalized spacial score (nSPS) is 11.4. The highest BCUT2D eigenvalue weighted by Crippen LogP contribution is 2.38. The average Bonchev–Trinajstić information content (AvgIpc) is 3.31. The maximum absolute atomic E-state index is 5.23. The van der Waals surface area contributed by atoms with Crippen molar-refractivity contribution in [2.24, 2.45) is 0 Å². The van der Waals surface area contributed by atoms with Crippen LogP contribution in [0.3, 0.4) is 0 Å². The van der Waals surface area contributed by atoms with Crippen molar-refractivity contribution >= 4 is 43.4 Å². The van der Waals surface area contributed by atoms with Gasteiger partial charge in [-0.25, -0.2) is 19.9 Å². The molecule has 0 bridgehead atoms. The second kappa shape index (κ2) is 14.0. The van der Waals surface area contributed by atoms with E-state index < -0.39 is 0 Å². The van der Waals surface area contributed by atoms with Gasteiger partial charge in [-0.15, -0.1) is 0 Å². The number of hydrogen-bond acceptors (Lipinski definition) is 4. The summed E-state index contributed by atoms with van der Waals surface area (Å²) in [6.07, 6.45) is 0. The summed E-state index contributed by atoms with van der Waals surface area (Å²) in [7, 11) is 0. The summed E-state index contributed by atoms with van der Waals surface area (Å²) in [5, 5.41) is 6.61. The fourth-order valence-corrected chi connectivity index (χ4v) is 8.17. The molecule has 0 atom stereocenters. The lowest BCUT2D eigenvalue weighted by molar-refractivity contribution is 1.23. The molecule has 2 heterocycles. The summed E-state index contributed by atoms with van der Waals surface area (Å²) in [5.41, 5.74) is 12.3. The van der Waals surface area contributed by atoms with Gasteiger partial charge in [-0.2, -0.15) is 0 Å². The van der Waals surface area contributed by atoms with Crippen LogP contribution < -0.4 is 0 Å². The number of rotatable bonds is 6. The molecule has 0 unspecified atom stereocenters. The van der Waals surface area contributed by atoms with Crippen molar-refractivity contribution in [1.29, 1.82) is 0 Å². The topological polar surface area (TPSA) is 51.6 Å². The standard InChI is InChI=1S/C54H34N4/c1-3-16-37(17-4-1)53-55-49(47-30-28-35-14-7-9-26-45(35)51(47)57-53)43-24-12-22-41(33-43)39-20-11-21-40(32-39)42-23-13-25-44(34-42)50-48-31-29-36-15-8-10-27-46(36)52(48)58-54(56-50)38-18-5-2-6-19-38/h1-34H. The molecule has 4 heteroatoms. The first kappa shape index (κ1) is 33.5. The van der Waals surface area contributed by atoms with E-state index in [1.54, 1.807) is 0 Å². The molecular formula is C54H34N4. The Hall–Kier alpha value is -7.82. The second-order valence-corrected chi connectivity index (χ2v) is 14.6. The first-order valence-corrected chi connectivity index (χ1v) is 19.6. The highest BCUT2D eigenvalue weighted by molar-refractivity contribution is 6.11. The number of aromatic nitrogens is 4. The molecule has 0 saturated carbocycles. The zero-order valence-electron chi connectivity index (χ0n) is 31.4. The van der Waals surface area contributed by atoms with Crippen molar-refractivity contribution in [1.82, 2.24) is 19.9 Å². The number of benzene rings is 9. The van der Waals surface area contributed by atoms with Gasteiger partial charge >= 0.3 is 0 Å². The molecule has 0 aliphatic rings. The van der Waals surface area contributed by atoms with Crippen LogP contribution in [0.25, 0.3) is 111 Å². The Morgan fingerprint density at radius 1 is 0.224 bits per heavy atom. The molecule has 0 fully saturated rings. The minimum absolute atomic E-state index is 0.715. The van der Waals surface area contributed by atoms with Gasteiger partial charge in [0, 0.05) is 43.8 Å². The smallest absolute Gasteiger partial charge is 0.160 e. The van der Waals surface area contributed by atoms with Crippen LogP contribution >= 0.6 is 0 Å². The van der Waals surface area contributed by atoms with Gasteiger partial charge in [-0.05, 0) is 63.4 Å². The number of hydrogen-bond donors (Lipinski definition) is 0. The molecule has 0 N–H and O–H groups in total. The van der Waals surface area contributed by atoms with Crippen molar-refractivity contribution in [3.63, 3.8) is 0 Å². The van der Waals surface area contributed by atoms with Crippen LogP contribution in [0.2, 0.25) is 0 Å². The van der Waals surface area contributed by atoms with Crippen molar-refractivity contribution in [2.75, 3.05) is 0 Å². The van der Waals surface area contributed by atoms with Crippen LogP contribution in [-0.2, 0) is 0 Å². The molecule has 0 spiro atoms. The van der Waals surface area contributed by atoms with Gasteiger partial charge in [-0.1, -0.05) is 176 Å². The lowest BCUT2D eigenvalue weighted by atomic mass is 9.94. The van der Waals surface area contributed by atoms with Crippen LogP contribution in [0.4, 0.5) is 0 Å². The van der Waals surface area contributed by atoms with E-state index in [0.29, 0.717) is 11.6 Å². The van der Waals surface area contributed by atoms with Gasteiger partial charge in [0.15, 0.2) is 11.6 Å². The molecule has 11 rings (SSSR count). The van der Waals surface area contributed by atoms with Crippen LogP contribution in [-0.4, -0.2) is 19.9 Å². The molecule has 0 radical (unpaired) electrons. The van der Waals surface area contributed by atoms with E-state index in [4.69, 9.17) is 19.9 Å². The van der Waals surface area contributed by atoms with Crippen LogP contribution in [0.1, 0.15) is 0 Å². The van der Waals surface area contributed by atoms with E-state index in [9.17, 15) is 0 Å². The quantitative estimate of drug-likeness (QED) is 0.159. The molecule has 2 aromatic heterocycles. The fraction of sp³-hybridized carbons (Fsp3) is 0. The van der Waals surface area contributed by atoms with Crippen LogP contribution in [0.5, 0.6) is 0 Å². The lowest BCUT2D eigenvalue weighted by Gasteiger charge is -2.13. The minimum Gasteiger partial charge on any atom is -0.227 e. The zero-order valence-corrected chi connectivity index (χ0v) is 31.4. The summed E-state index contributed by atoms with van der Waals surface area (Å²) in [5.74, 6) is 1.43. The van der Waals surface area contributed by atoms with Crippen LogP contribution in [0, 0.1) is 0 Å². The molecule has 270 valence electrons. The van der Waals surface area contributed by atoms with Crippen molar-refractivity contribution in [2.45, 2.75) is 0 Å². The molecule has 4 nitrogen and oxygen atoms in total. The summed E-state index contributed by atoms with van der Waals surface area (Å²) in [4.78, 5) is 20.7. The van der Waals surface area contributed by atoms with E-state index in [0.717, 1.165) is 99.2 Å². The Labute approximate surface area is 335 Å². The van der Waals surface area contributed by atoms with Gasteiger partial charge in [-0.3, -0.25) is 0 Å². The highest BCUT2D eigenvalue weighted by atomic mass is 14.9. The molecule has 58 heavy (non-hydrogen) atoms. The Morgan fingerprint density at radius 2 is 0.569 bits per heavy atom. The van der Waals surface area contributed by atoms with E-state index in [1.807, 2.05) is 36.4 Å². The third kappa shape index (κ3) is 5.96. The first-order chi connectivity index (χ1) is 28.7. The summed E-state index contributed by atoms with van der Waals surface area (Å²) >= 11 is 0. The maximum Gasteiger partial charge on any atom is 0.160 e. The predicted molar refractivity (Wildman–Crippen MR) is 240 cm³/mol. The van der Waals surface area contributed by atoms with E-state index in [1.165, 1.54) is 0 Å². The van der Waals surface area contributed by atoms with Crippen LogP contribution in [0.15, 0.2) is 206 Å². The third-order valence-corrected chi connectivity index (χ3v) is 11.0. The van der Waals surface area contributed by atoms with E-state index in [2.05, 4.69) is 170 Å². The predicted octanol–water partition coefficient (Wildman–Crippen LogP) is 13.9. The molecule has 0 saturated heterocycles. The maximum atomic E-state index is 5.23. The largest absolute Gasteiger partial charge is 0.227 e. The second-order valence-electron chi connectivity index (χ2n) is 14.6. The Balaban J connectivity index is 1.02. The monoisotopic (exact) mass is 738 g/mol. The summed E-state index contributed by atoms with van der Waals surface area (Å²) in [6, 6.07) is 72.2. The molecular weight excluding hydrogens is 705 g/mol. The molecule has 11 aromatic rings. The molecule has 0 amide bonds. The Bertz CT molecular complexity index is 3120. The summed E-state index contributed by atoms with van der Waals surface area (Å²) in [6.45, 7) is 0. The SMILES string of the molecule is c1ccc(-c2nc(-c3cccc(-c4cccc(-c5cccc(-c6nc(-c7ccccc7)nc7c6ccc6ccccc67)c5)c4)c3)c3ccc4ccccc4c3n2)cc1. The Morgan fingerprint density at radius 3 is 1.00 bits per heavy atom. The Kier molecular flexibility index (Phi) is 8.11. The van der Waals surface area contributed by atoms with Gasteiger partial charge in [0.1, 0.15) is 0 Å². The van der Waals surface area contributed by atoms with Gasteiger partial charge in [0.25, 0.3) is 0 Å². The lowest BCUT2D eigenvalue weighted by Crippen LogP contribution is -1.96. The molecule has 0 aliphatic carbocycles. The number of fused-ring (bicyclic) bond motifs is 6. The number of nitrogens with zero attached hydrogens (tertiary/aromatic N) is 4. The van der Waals surface area contributed by atoms with Gasteiger partial charge < -0.3 is 0 Å². The van der Waals surface area contributed by atoms with E-state index in [-0.39, 0.29) is 0 Å². The van der Waals surface area contributed by atoms with Gasteiger partial charge in [0.05, 0.1) is 22.4 Å².